The first kappa shape index (κ1) is 15.6. The lowest BCUT2D eigenvalue weighted by molar-refractivity contribution is 0.297. The van der Waals surface area contributed by atoms with E-state index in [0.717, 1.165) is 30.4 Å². The van der Waals surface area contributed by atoms with Gasteiger partial charge in [-0.15, -0.1) is 0 Å². The lowest BCUT2D eigenvalue weighted by Gasteiger charge is -2.26. The summed E-state index contributed by atoms with van der Waals surface area (Å²) >= 11 is 0. The minimum Gasteiger partial charge on any atom is -0.422 e. The summed E-state index contributed by atoms with van der Waals surface area (Å²) in [6.07, 6.45) is 3.28. The van der Waals surface area contributed by atoms with E-state index >= 15 is 0 Å². The topological polar surface area (TPSA) is 91.8 Å². The Labute approximate surface area is 143 Å². The largest absolute Gasteiger partial charge is 0.422 e. The van der Waals surface area contributed by atoms with Gasteiger partial charge in [-0.05, 0) is 36.8 Å². The summed E-state index contributed by atoms with van der Waals surface area (Å²) in [5.74, 6) is 0. The zero-order chi connectivity index (χ0) is 17.6. The van der Waals surface area contributed by atoms with Crippen LogP contribution in [0.1, 0.15) is 37.8 Å². The fourth-order valence-electron chi connectivity index (χ4n) is 3.53. The molecule has 6 heteroatoms. The first-order valence-corrected chi connectivity index (χ1v) is 8.56. The lowest BCUT2D eigenvalue weighted by Crippen LogP contribution is -2.41. The number of benzene rings is 1. The molecule has 0 bridgehead atoms. The smallest absolute Gasteiger partial charge is 0.331 e. The van der Waals surface area contributed by atoms with Gasteiger partial charge in [-0.3, -0.25) is 19.8 Å². The SMILES string of the molecule is CCc1c(-c2ccccc2)c(=N)oc2[nH]c(=O)n(C3CCC3)c(=O)c12. The van der Waals surface area contributed by atoms with Crippen molar-refractivity contribution in [3.05, 3.63) is 62.3 Å². The zero-order valence-corrected chi connectivity index (χ0v) is 14.0. The molecule has 4 rings (SSSR count). The van der Waals surface area contributed by atoms with Gasteiger partial charge in [0.15, 0.2) is 0 Å². The molecule has 1 saturated carbocycles. The van der Waals surface area contributed by atoms with Crippen LogP contribution in [-0.2, 0) is 6.42 Å². The Kier molecular flexibility index (Phi) is 3.67. The molecular formula is C19H19N3O3. The molecule has 2 N–H and O–H groups in total. The Morgan fingerprint density at radius 1 is 1.24 bits per heavy atom. The fourth-order valence-corrected chi connectivity index (χ4v) is 3.53. The molecule has 6 nitrogen and oxygen atoms in total. The molecule has 128 valence electrons. The van der Waals surface area contributed by atoms with E-state index in [-0.39, 0.29) is 22.9 Å². The number of nitrogens with one attached hydrogen (secondary N) is 2. The van der Waals surface area contributed by atoms with Gasteiger partial charge in [0.05, 0.1) is 0 Å². The first-order valence-electron chi connectivity index (χ1n) is 8.56. The normalized spacial score (nSPS) is 14.6. The van der Waals surface area contributed by atoms with Crippen molar-refractivity contribution in [3.8, 4) is 11.1 Å². The number of fused-ring (bicyclic) bond motifs is 1. The van der Waals surface area contributed by atoms with Crippen LogP contribution in [0.25, 0.3) is 22.2 Å². The second-order valence-electron chi connectivity index (χ2n) is 6.40. The molecule has 25 heavy (non-hydrogen) atoms. The third-order valence-electron chi connectivity index (χ3n) is 4.99. The standard InChI is InChI=1S/C19H19N3O3/c1-2-13-14(11-7-4-3-5-8-11)16(20)25-17-15(13)18(23)22(19(24)21-17)12-9-6-10-12/h3-5,7-8,12,20H,2,6,9-10H2,1H3,(H,21,24). The summed E-state index contributed by atoms with van der Waals surface area (Å²) in [7, 11) is 0. The van der Waals surface area contributed by atoms with E-state index in [2.05, 4.69) is 4.98 Å². The Hall–Kier alpha value is -2.89. The molecule has 1 aliphatic rings. The van der Waals surface area contributed by atoms with Crippen LogP contribution in [0.5, 0.6) is 0 Å². The summed E-state index contributed by atoms with van der Waals surface area (Å²) < 4.78 is 6.85. The number of rotatable bonds is 3. The quantitative estimate of drug-likeness (QED) is 0.770. The molecule has 0 unspecified atom stereocenters. The number of hydrogen-bond acceptors (Lipinski definition) is 4. The highest BCUT2D eigenvalue weighted by Crippen LogP contribution is 2.30. The van der Waals surface area contributed by atoms with E-state index in [9.17, 15) is 9.59 Å². The van der Waals surface area contributed by atoms with Gasteiger partial charge < -0.3 is 4.42 Å². The molecule has 1 aromatic carbocycles. The monoisotopic (exact) mass is 337 g/mol. The molecule has 2 heterocycles. The number of aromatic amines is 1. The number of aromatic nitrogens is 2. The van der Waals surface area contributed by atoms with Crippen LogP contribution in [0, 0.1) is 5.41 Å². The minimum atomic E-state index is -0.458. The van der Waals surface area contributed by atoms with Crippen LogP contribution in [0.3, 0.4) is 0 Å². The Morgan fingerprint density at radius 3 is 2.56 bits per heavy atom. The van der Waals surface area contributed by atoms with Crippen molar-refractivity contribution in [1.82, 2.24) is 9.55 Å². The zero-order valence-electron chi connectivity index (χ0n) is 14.0. The predicted octanol–water partition coefficient (Wildman–Crippen LogP) is 2.72. The van der Waals surface area contributed by atoms with E-state index in [1.807, 2.05) is 37.3 Å². The highest BCUT2D eigenvalue weighted by Gasteiger charge is 2.26. The van der Waals surface area contributed by atoms with Crippen LogP contribution in [0.4, 0.5) is 0 Å². The van der Waals surface area contributed by atoms with Crippen LogP contribution in [0.15, 0.2) is 44.3 Å². The van der Waals surface area contributed by atoms with E-state index in [4.69, 9.17) is 9.83 Å². The molecular weight excluding hydrogens is 318 g/mol. The molecule has 0 aliphatic heterocycles. The van der Waals surface area contributed by atoms with Gasteiger partial charge in [0.1, 0.15) is 5.39 Å². The number of aryl methyl sites for hydroxylation is 1. The maximum absolute atomic E-state index is 13.1. The maximum Gasteiger partial charge on any atom is 0.331 e. The van der Waals surface area contributed by atoms with E-state index in [1.54, 1.807) is 0 Å². The fraction of sp³-hybridized carbons (Fsp3) is 0.316. The Balaban J connectivity index is 2.13. The lowest BCUT2D eigenvalue weighted by atomic mass is 9.92. The minimum absolute atomic E-state index is 0.0405. The summed E-state index contributed by atoms with van der Waals surface area (Å²) in [5, 5.41) is 8.64. The highest BCUT2D eigenvalue weighted by molar-refractivity contribution is 5.83. The van der Waals surface area contributed by atoms with Crippen molar-refractivity contribution in [2.45, 2.75) is 38.6 Å². The third kappa shape index (κ3) is 2.36. The Morgan fingerprint density at radius 2 is 1.96 bits per heavy atom. The molecule has 1 fully saturated rings. The van der Waals surface area contributed by atoms with Gasteiger partial charge in [-0.25, -0.2) is 4.79 Å². The summed E-state index contributed by atoms with van der Waals surface area (Å²) in [6.45, 7) is 1.94. The molecule has 0 saturated heterocycles. The van der Waals surface area contributed by atoms with Gasteiger partial charge in [0, 0.05) is 11.6 Å². The number of hydrogen-bond donors (Lipinski definition) is 2. The number of H-pyrrole nitrogens is 1. The molecule has 1 aliphatic carbocycles. The molecule has 0 atom stereocenters. The predicted molar refractivity (Wildman–Crippen MR) is 94.7 cm³/mol. The van der Waals surface area contributed by atoms with Crippen molar-refractivity contribution < 1.29 is 4.42 Å². The second kappa shape index (κ2) is 5.88. The highest BCUT2D eigenvalue weighted by atomic mass is 16.3. The van der Waals surface area contributed by atoms with Crippen molar-refractivity contribution in [3.63, 3.8) is 0 Å². The van der Waals surface area contributed by atoms with Gasteiger partial charge in [0.2, 0.25) is 11.3 Å². The molecule has 0 spiro atoms. The molecule has 2 aromatic heterocycles. The molecule has 0 amide bonds. The Bertz CT molecular complexity index is 1120. The van der Waals surface area contributed by atoms with E-state index in [0.29, 0.717) is 17.4 Å². The summed E-state index contributed by atoms with van der Waals surface area (Å²) in [6, 6.07) is 9.42. The second-order valence-corrected chi connectivity index (χ2v) is 6.40. The van der Waals surface area contributed by atoms with Gasteiger partial charge in [-0.2, -0.15) is 0 Å². The van der Waals surface area contributed by atoms with Crippen molar-refractivity contribution >= 4 is 11.1 Å². The van der Waals surface area contributed by atoms with Crippen LogP contribution in [-0.4, -0.2) is 9.55 Å². The van der Waals surface area contributed by atoms with Crippen LogP contribution >= 0.6 is 0 Å². The maximum atomic E-state index is 13.1. The van der Waals surface area contributed by atoms with Crippen molar-refractivity contribution in [1.29, 1.82) is 5.41 Å². The van der Waals surface area contributed by atoms with Crippen molar-refractivity contribution in [2.75, 3.05) is 0 Å². The average Bonchev–Trinajstić information content (AvgIpc) is 2.56. The van der Waals surface area contributed by atoms with Crippen LogP contribution < -0.4 is 16.8 Å². The first-order chi connectivity index (χ1) is 12.1. The van der Waals surface area contributed by atoms with Crippen LogP contribution in [0.2, 0.25) is 0 Å². The summed E-state index contributed by atoms with van der Waals surface area (Å²) in [4.78, 5) is 28.1. The number of nitrogens with zero attached hydrogens (tertiary/aromatic N) is 1. The third-order valence-corrected chi connectivity index (χ3v) is 4.99. The van der Waals surface area contributed by atoms with Gasteiger partial charge in [0.25, 0.3) is 5.56 Å². The molecule has 0 radical (unpaired) electrons. The summed E-state index contributed by atoms with van der Waals surface area (Å²) in [5.41, 5.74) is 1.45. The molecule has 3 aromatic rings. The average molecular weight is 337 g/mol. The van der Waals surface area contributed by atoms with E-state index in [1.165, 1.54) is 4.57 Å². The van der Waals surface area contributed by atoms with Gasteiger partial charge in [-0.1, -0.05) is 37.3 Å². The van der Waals surface area contributed by atoms with Gasteiger partial charge >= 0.3 is 5.69 Å². The van der Waals surface area contributed by atoms with Crippen molar-refractivity contribution in [2.24, 2.45) is 0 Å². The van der Waals surface area contributed by atoms with E-state index < -0.39 is 5.69 Å².